The van der Waals surface area contributed by atoms with Gasteiger partial charge in [0.1, 0.15) is 6.04 Å². The molecule has 22 heavy (non-hydrogen) atoms. The quantitative estimate of drug-likeness (QED) is 0.644. The van der Waals surface area contributed by atoms with Gasteiger partial charge in [0.15, 0.2) is 0 Å². The van der Waals surface area contributed by atoms with Crippen molar-refractivity contribution in [3.05, 3.63) is 0 Å². The topological polar surface area (TPSA) is 110 Å². The van der Waals surface area contributed by atoms with Gasteiger partial charge in [-0.05, 0) is 25.2 Å². The molecule has 0 amide bonds. The molecule has 8 heteroatoms. The van der Waals surface area contributed by atoms with E-state index < -0.39 is 39.2 Å². The lowest BCUT2D eigenvalue weighted by atomic mass is 9.89. The summed E-state index contributed by atoms with van der Waals surface area (Å²) in [6, 6.07) is -1.18. The summed E-state index contributed by atoms with van der Waals surface area (Å²) in [5.41, 5.74) is -1.05. The van der Waals surface area contributed by atoms with Gasteiger partial charge in [-0.25, -0.2) is 13.1 Å². The number of esters is 1. The molecule has 1 atom stereocenters. The molecule has 0 aromatic carbocycles. The second-order valence-corrected chi connectivity index (χ2v) is 8.13. The van der Waals surface area contributed by atoms with Crippen molar-refractivity contribution < 1.29 is 27.9 Å². The number of rotatable bonds is 8. The van der Waals surface area contributed by atoms with E-state index in [0.29, 0.717) is 12.8 Å². The smallest absolute Gasteiger partial charge is 0.321 e. The Morgan fingerprint density at radius 2 is 1.82 bits per heavy atom. The first-order valence-electron chi connectivity index (χ1n) is 7.43. The highest BCUT2D eigenvalue weighted by atomic mass is 32.2. The average molecular weight is 335 g/mol. The Balaban J connectivity index is 2.88. The molecule has 2 N–H and O–H groups in total. The predicted molar refractivity (Wildman–Crippen MR) is 80.7 cm³/mol. The van der Waals surface area contributed by atoms with Gasteiger partial charge in [0.2, 0.25) is 10.0 Å². The van der Waals surface area contributed by atoms with E-state index in [-0.39, 0.29) is 12.3 Å². The summed E-state index contributed by atoms with van der Waals surface area (Å²) in [7, 11) is -2.66. The van der Waals surface area contributed by atoms with Crippen molar-refractivity contribution in [3.63, 3.8) is 0 Å². The molecule has 1 aliphatic carbocycles. The molecule has 0 aromatic heterocycles. The molecule has 1 fully saturated rings. The van der Waals surface area contributed by atoms with Crippen LogP contribution in [0.5, 0.6) is 0 Å². The third-order valence-electron chi connectivity index (χ3n) is 3.97. The van der Waals surface area contributed by atoms with Crippen LogP contribution >= 0.6 is 0 Å². The molecular weight excluding hydrogens is 310 g/mol. The molecule has 7 nitrogen and oxygen atoms in total. The van der Waals surface area contributed by atoms with Crippen LogP contribution in [-0.4, -0.2) is 44.4 Å². The molecule has 128 valence electrons. The number of nitrogens with one attached hydrogen (secondary N) is 1. The van der Waals surface area contributed by atoms with E-state index >= 15 is 0 Å². The van der Waals surface area contributed by atoms with Gasteiger partial charge in [-0.15, -0.1) is 0 Å². The van der Waals surface area contributed by atoms with Crippen LogP contribution in [0.15, 0.2) is 0 Å². The van der Waals surface area contributed by atoms with Gasteiger partial charge in [-0.1, -0.05) is 26.7 Å². The summed E-state index contributed by atoms with van der Waals surface area (Å²) in [5, 5.41) is 9.15. The van der Waals surface area contributed by atoms with E-state index in [1.807, 2.05) is 13.8 Å². The average Bonchev–Trinajstić information content (AvgIpc) is 2.84. The predicted octanol–water partition coefficient (Wildman–Crippen LogP) is 1.14. The SMILES string of the molecule is COC(=O)C1(CS(=O)(=O)NC(CC(C)C)C(=O)O)CCCC1. The van der Waals surface area contributed by atoms with Crippen LogP contribution < -0.4 is 4.72 Å². The van der Waals surface area contributed by atoms with Crippen LogP contribution in [0.25, 0.3) is 0 Å². The lowest BCUT2D eigenvalue weighted by Crippen LogP contribution is -2.47. The standard InChI is InChI=1S/C14H25NO6S/c1-10(2)8-11(12(16)17)15-22(19,20)9-14(13(18)21-3)6-4-5-7-14/h10-11,15H,4-9H2,1-3H3,(H,16,17). The highest BCUT2D eigenvalue weighted by molar-refractivity contribution is 7.89. The molecular formula is C14H25NO6S. The van der Waals surface area contributed by atoms with Crippen LogP contribution in [-0.2, 0) is 24.3 Å². The van der Waals surface area contributed by atoms with Gasteiger partial charge < -0.3 is 9.84 Å². The van der Waals surface area contributed by atoms with Crippen molar-refractivity contribution in [1.29, 1.82) is 0 Å². The number of sulfonamides is 1. The Labute approximate surface area is 131 Å². The molecule has 0 saturated heterocycles. The minimum absolute atomic E-state index is 0.0323. The van der Waals surface area contributed by atoms with Gasteiger partial charge in [0.25, 0.3) is 0 Å². The van der Waals surface area contributed by atoms with E-state index in [9.17, 15) is 18.0 Å². The van der Waals surface area contributed by atoms with E-state index in [0.717, 1.165) is 12.8 Å². The number of aliphatic carboxylic acids is 1. The number of hydrogen-bond donors (Lipinski definition) is 2. The normalized spacial score (nSPS) is 19.1. The molecule has 1 rings (SSSR count). The van der Waals surface area contributed by atoms with E-state index in [1.54, 1.807) is 0 Å². The molecule has 0 bridgehead atoms. The first-order chi connectivity index (χ1) is 10.1. The van der Waals surface area contributed by atoms with Crippen molar-refractivity contribution in [2.45, 2.75) is 52.0 Å². The molecule has 1 saturated carbocycles. The molecule has 0 heterocycles. The lowest BCUT2D eigenvalue weighted by Gasteiger charge is -2.26. The Kier molecular flexibility index (Phi) is 6.37. The summed E-state index contributed by atoms with van der Waals surface area (Å²) in [6.07, 6.45) is 2.61. The van der Waals surface area contributed by atoms with Crippen LogP contribution in [0.1, 0.15) is 46.0 Å². The maximum atomic E-state index is 12.3. The summed E-state index contributed by atoms with van der Waals surface area (Å²) >= 11 is 0. The van der Waals surface area contributed by atoms with E-state index in [1.165, 1.54) is 7.11 Å². The minimum atomic E-state index is -3.90. The first-order valence-corrected chi connectivity index (χ1v) is 9.08. The fourth-order valence-electron chi connectivity index (χ4n) is 2.97. The zero-order valence-corrected chi connectivity index (χ0v) is 14.1. The fourth-order valence-corrected chi connectivity index (χ4v) is 4.82. The van der Waals surface area contributed by atoms with E-state index in [2.05, 4.69) is 4.72 Å². The summed E-state index contributed by atoms with van der Waals surface area (Å²) in [6.45, 7) is 3.63. The van der Waals surface area contributed by atoms with Gasteiger partial charge in [-0.3, -0.25) is 9.59 Å². The largest absolute Gasteiger partial charge is 0.480 e. The molecule has 1 aliphatic rings. The molecule has 0 radical (unpaired) electrons. The Morgan fingerprint density at radius 3 is 2.23 bits per heavy atom. The molecule has 0 aliphatic heterocycles. The maximum Gasteiger partial charge on any atom is 0.321 e. The van der Waals surface area contributed by atoms with Gasteiger partial charge in [0, 0.05) is 0 Å². The monoisotopic (exact) mass is 335 g/mol. The summed E-state index contributed by atoms with van der Waals surface area (Å²) < 4.78 is 31.6. The van der Waals surface area contributed by atoms with Crippen LogP contribution in [0.2, 0.25) is 0 Å². The summed E-state index contributed by atoms with van der Waals surface area (Å²) in [4.78, 5) is 23.2. The second-order valence-electron chi connectivity index (χ2n) is 6.38. The lowest BCUT2D eigenvalue weighted by molar-refractivity contribution is -0.151. The first kappa shape index (κ1) is 18.9. The zero-order valence-electron chi connectivity index (χ0n) is 13.3. The van der Waals surface area contributed by atoms with Crippen molar-refractivity contribution in [1.82, 2.24) is 4.72 Å². The van der Waals surface area contributed by atoms with Gasteiger partial charge in [-0.2, -0.15) is 0 Å². The third-order valence-corrected chi connectivity index (χ3v) is 5.55. The Bertz CT molecular complexity index is 507. The van der Waals surface area contributed by atoms with Crippen molar-refractivity contribution >= 4 is 22.0 Å². The van der Waals surface area contributed by atoms with Gasteiger partial charge >= 0.3 is 11.9 Å². The van der Waals surface area contributed by atoms with Crippen LogP contribution in [0.3, 0.4) is 0 Å². The number of carboxylic acid groups (broad SMARTS) is 1. The summed E-state index contributed by atoms with van der Waals surface area (Å²) in [5.74, 6) is -2.14. The zero-order chi connectivity index (χ0) is 17.0. The number of carbonyl (C=O) groups excluding carboxylic acids is 1. The van der Waals surface area contributed by atoms with E-state index in [4.69, 9.17) is 9.84 Å². The van der Waals surface area contributed by atoms with Crippen molar-refractivity contribution in [3.8, 4) is 0 Å². The highest BCUT2D eigenvalue weighted by Gasteiger charge is 2.46. The minimum Gasteiger partial charge on any atom is -0.480 e. The number of carboxylic acids is 1. The molecule has 1 unspecified atom stereocenters. The van der Waals surface area contributed by atoms with Crippen LogP contribution in [0.4, 0.5) is 0 Å². The van der Waals surface area contributed by atoms with Gasteiger partial charge in [0.05, 0.1) is 18.3 Å². The molecule has 0 spiro atoms. The number of carbonyl (C=O) groups is 2. The maximum absolute atomic E-state index is 12.3. The Morgan fingerprint density at radius 1 is 1.27 bits per heavy atom. The second kappa shape index (κ2) is 7.41. The van der Waals surface area contributed by atoms with Crippen LogP contribution in [0, 0.1) is 11.3 Å². The highest BCUT2D eigenvalue weighted by Crippen LogP contribution is 2.40. The number of methoxy groups -OCH3 is 1. The fraction of sp³-hybridized carbons (Fsp3) is 0.857. The third kappa shape index (κ3) is 4.95. The van der Waals surface area contributed by atoms with Crippen molar-refractivity contribution in [2.24, 2.45) is 11.3 Å². The molecule has 0 aromatic rings. The van der Waals surface area contributed by atoms with Crippen molar-refractivity contribution in [2.75, 3.05) is 12.9 Å². The Hall–Kier alpha value is -1.15. The number of hydrogen-bond acceptors (Lipinski definition) is 5. The number of ether oxygens (including phenoxy) is 1.